The Hall–Kier alpha value is -3.99. The van der Waals surface area contributed by atoms with Crippen molar-refractivity contribution in [2.45, 2.75) is 25.8 Å². The second-order valence-electron chi connectivity index (χ2n) is 8.19. The molecular weight excluding hydrogens is 409 g/mol. The molecule has 0 saturated heterocycles. The second kappa shape index (κ2) is 8.63. The van der Waals surface area contributed by atoms with Crippen LogP contribution in [0.3, 0.4) is 0 Å². The summed E-state index contributed by atoms with van der Waals surface area (Å²) in [5.41, 5.74) is 1.96. The summed E-state index contributed by atoms with van der Waals surface area (Å²) in [6.45, 7) is 4.48. The number of nitrogens with one attached hydrogen (secondary N) is 2. The van der Waals surface area contributed by atoms with E-state index < -0.39 is 17.8 Å². The highest BCUT2D eigenvalue weighted by Gasteiger charge is 2.44. The number of H-pyrrole nitrogens is 1. The number of carbonyl (C=O) groups excluding carboxylic acids is 2. The van der Waals surface area contributed by atoms with Crippen LogP contribution in [-0.2, 0) is 4.79 Å². The van der Waals surface area contributed by atoms with Crippen molar-refractivity contribution >= 4 is 17.5 Å². The zero-order valence-corrected chi connectivity index (χ0v) is 17.7. The second-order valence-corrected chi connectivity index (χ2v) is 8.19. The Morgan fingerprint density at radius 1 is 1.31 bits per heavy atom. The van der Waals surface area contributed by atoms with Gasteiger partial charge in [-0.25, -0.2) is 4.39 Å². The third-order valence-corrected chi connectivity index (χ3v) is 5.50. The monoisotopic (exact) mass is 431 g/mol. The number of hydrogen-bond donors (Lipinski definition) is 2. The van der Waals surface area contributed by atoms with E-state index in [2.05, 4.69) is 15.5 Å². The minimum atomic E-state index is -0.726. The number of benzene rings is 2. The Morgan fingerprint density at radius 3 is 2.78 bits per heavy atom. The minimum absolute atomic E-state index is 0.141. The molecule has 2 unspecified atom stereocenters. The molecule has 0 saturated carbocycles. The van der Waals surface area contributed by atoms with Crippen LogP contribution < -0.4 is 5.32 Å². The van der Waals surface area contributed by atoms with E-state index in [9.17, 15) is 14.0 Å². The van der Waals surface area contributed by atoms with Crippen molar-refractivity contribution in [3.63, 3.8) is 0 Å². The van der Waals surface area contributed by atoms with Crippen LogP contribution in [0.25, 0.3) is 0 Å². The zero-order valence-electron chi connectivity index (χ0n) is 17.7. The molecule has 0 radical (unpaired) electrons. The third kappa shape index (κ3) is 3.85. The van der Waals surface area contributed by atoms with E-state index in [0.717, 1.165) is 6.07 Å². The molecule has 2 N–H and O–H groups in total. The molecule has 0 fully saturated rings. The predicted octanol–water partition coefficient (Wildman–Crippen LogP) is 4.00. The van der Waals surface area contributed by atoms with Gasteiger partial charge in [-0.3, -0.25) is 14.7 Å². The van der Waals surface area contributed by atoms with Crippen molar-refractivity contribution in [3.05, 3.63) is 82.9 Å². The standard InChI is InChI=1S/C24H22FN5O2/c1-14(2)13-30-22(16-11-27-28-12-16)21(18-5-3-4-6-19(18)24(30)32)23(31)29-17-7-8-20(25)15(9-17)10-26/h3-9,11-12,14,21-22H,13H2,1-2H3,(H,27,28)(H,29,31). The number of halogens is 1. The van der Waals surface area contributed by atoms with Gasteiger partial charge in [-0.2, -0.15) is 10.4 Å². The maximum atomic E-state index is 13.7. The van der Waals surface area contributed by atoms with Gasteiger partial charge in [0.15, 0.2) is 0 Å². The van der Waals surface area contributed by atoms with Gasteiger partial charge in [0.05, 0.1) is 23.7 Å². The van der Waals surface area contributed by atoms with E-state index >= 15 is 0 Å². The molecule has 0 aliphatic carbocycles. The number of nitrogens with zero attached hydrogens (tertiary/aromatic N) is 3. The molecular formula is C24H22FN5O2. The van der Waals surface area contributed by atoms with E-state index in [4.69, 9.17) is 5.26 Å². The van der Waals surface area contributed by atoms with Gasteiger partial charge in [0.25, 0.3) is 5.91 Å². The molecule has 8 heteroatoms. The van der Waals surface area contributed by atoms with E-state index in [-0.39, 0.29) is 23.3 Å². The van der Waals surface area contributed by atoms with Crippen molar-refractivity contribution in [1.29, 1.82) is 5.26 Å². The van der Waals surface area contributed by atoms with Crippen molar-refractivity contribution in [2.75, 3.05) is 11.9 Å². The maximum Gasteiger partial charge on any atom is 0.254 e. The lowest BCUT2D eigenvalue weighted by Crippen LogP contribution is -2.47. The lowest BCUT2D eigenvalue weighted by molar-refractivity contribution is -0.119. The van der Waals surface area contributed by atoms with Crippen molar-refractivity contribution < 1.29 is 14.0 Å². The SMILES string of the molecule is CC(C)CN1C(=O)c2ccccc2C(C(=O)Nc2ccc(F)c(C#N)c2)C1c1cn[nH]c1. The van der Waals surface area contributed by atoms with Crippen molar-refractivity contribution in [1.82, 2.24) is 15.1 Å². The number of aromatic nitrogens is 2. The van der Waals surface area contributed by atoms with Gasteiger partial charge in [0.1, 0.15) is 11.9 Å². The molecule has 0 spiro atoms. The average Bonchev–Trinajstić information content (AvgIpc) is 3.31. The number of hydrogen-bond acceptors (Lipinski definition) is 4. The fourth-order valence-electron chi connectivity index (χ4n) is 4.17. The molecule has 4 rings (SSSR count). The van der Waals surface area contributed by atoms with Crippen molar-refractivity contribution in [2.24, 2.45) is 5.92 Å². The molecule has 0 bridgehead atoms. The molecule has 1 aliphatic rings. The highest BCUT2D eigenvalue weighted by atomic mass is 19.1. The van der Waals surface area contributed by atoms with Gasteiger partial charge in [-0.1, -0.05) is 32.0 Å². The normalized spacial score (nSPS) is 17.7. The summed E-state index contributed by atoms with van der Waals surface area (Å²) < 4.78 is 13.7. The number of anilines is 1. The van der Waals surface area contributed by atoms with Crippen LogP contribution in [0.5, 0.6) is 0 Å². The predicted molar refractivity (Wildman–Crippen MR) is 116 cm³/mol. The van der Waals surface area contributed by atoms with Crippen LogP contribution in [0.2, 0.25) is 0 Å². The van der Waals surface area contributed by atoms with Crippen molar-refractivity contribution in [3.8, 4) is 6.07 Å². The van der Waals surface area contributed by atoms with Gasteiger partial charge in [-0.05, 0) is 35.7 Å². The summed E-state index contributed by atoms with van der Waals surface area (Å²) in [6, 6.07) is 12.1. The summed E-state index contributed by atoms with van der Waals surface area (Å²) >= 11 is 0. The number of rotatable bonds is 5. The van der Waals surface area contributed by atoms with E-state index in [0.29, 0.717) is 28.9 Å². The smallest absolute Gasteiger partial charge is 0.254 e. The summed E-state index contributed by atoms with van der Waals surface area (Å²) in [7, 11) is 0. The van der Waals surface area contributed by atoms with E-state index in [1.807, 2.05) is 13.8 Å². The first-order valence-electron chi connectivity index (χ1n) is 10.3. The van der Waals surface area contributed by atoms with Gasteiger partial charge < -0.3 is 10.2 Å². The Labute approximate surface area is 184 Å². The number of carbonyl (C=O) groups is 2. The summed E-state index contributed by atoms with van der Waals surface area (Å²) in [6.07, 6.45) is 3.30. The molecule has 2 aromatic carbocycles. The maximum absolute atomic E-state index is 13.7. The quantitative estimate of drug-likeness (QED) is 0.638. The molecule has 7 nitrogen and oxygen atoms in total. The number of amides is 2. The Bertz CT molecular complexity index is 1200. The van der Waals surface area contributed by atoms with Crippen LogP contribution in [0.4, 0.5) is 10.1 Å². The first-order chi connectivity index (χ1) is 15.4. The number of aromatic amines is 1. The molecule has 1 aromatic heterocycles. The first kappa shape index (κ1) is 21.2. The molecule has 2 heterocycles. The summed E-state index contributed by atoms with van der Waals surface area (Å²) in [5.74, 6) is -1.70. The highest BCUT2D eigenvalue weighted by Crippen LogP contribution is 2.43. The van der Waals surface area contributed by atoms with E-state index in [1.54, 1.807) is 47.6 Å². The molecule has 162 valence electrons. The molecule has 2 amide bonds. The minimum Gasteiger partial charge on any atom is -0.330 e. The third-order valence-electron chi connectivity index (χ3n) is 5.50. The zero-order chi connectivity index (χ0) is 22.8. The van der Waals surface area contributed by atoms with Crippen LogP contribution in [-0.4, -0.2) is 33.5 Å². The largest absolute Gasteiger partial charge is 0.330 e. The lowest BCUT2D eigenvalue weighted by atomic mass is 9.79. The molecule has 32 heavy (non-hydrogen) atoms. The fourth-order valence-corrected chi connectivity index (χ4v) is 4.17. The molecule has 1 aliphatic heterocycles. The van der Waals surface area contributed by atoms with Gasteiger partial charge in [0, 0.05) is 29.6 Å². The number of nitriles is 1. The van der Waals surface area contributed by atoms with Gasteiger partial charge in [-0.15, -0.1) is 0 Å². The first-order valence-corrected chi connectivity index (χ1v) is 10.3. The Kier molecular flexibility index (Phi) is 5.73. The van der Waals surface area contributed by atoms with Crippen LogP contribution in [0.15, 0.2) is 54.9 Å². The lowest BCUT2D eigenvalue weighted by Gasteiger charge is -2.42. The molecule has 2 atom stereocenters. The summed E-state index contributed by atoms with van der Waals surface area (Å²) in [5, 5.41) is 18.7. The summed E-state index contributed by atoms with van der Waals surface area (Å²) in [4.78, 5) is 28.7. The van der Waals surface area contributed by atoms with E-state index in [1.165, 1.54) is 12.1 Å². The highest BCUT2D eigenvalue weighted by molar-refractivity contribution is 6.04. The van der Waals surface area contributed by atoms with Crippen LogP contribution in [0, 0.1) is 23.1 Å². The molecule has 3 aromatic rings. The van der Waals surface area contributed by atoms with Gasteiger partial charge >= 0.3 is 0 Å². The Balaban J connectivity index is 1.81. The van der Waals surface area contributed by atoms with Crippen LogP contribution >= 0.6 is 0 Å². The van der Waals surface area contributed by atoms with Crippen LogP contribution in [0.1, 0.15) is 52.9 Å². The van der Waals surface area contributed by atoms with Gasteiger partial charge in [0.2, 0.25) is 5.91 Å². The fraction of sp³-hybridized carbons (Fsp3) is 0.250. The average molecular weight is 431 g/mol. The Morgan fingerprint density at radius 2 is 2.09 bits per heavy atom. The topological polar surface area (TPSA) is 102 Å². The number of fused-ring (bicyclic) bond motifs is 1.